The van der Waals surface area contributed by atoms with Gasteiger partial charge in [0.25, 0.3) is 0 Å². The van der Waals surface area contributed by atoms with Crippen LogP contribution in [0.3, 0.4) is 0 Å². The van der Waals surface area contributed by atoms with Gasteiger partial charge in [-0.15, -0.1) is 11.3 Å². The van der Waals surface area contributed by atoms with Gasteiger partial charge in [-0.3, -0.25) is 4.72 Å². The molecule has 0 saturated heterocycles. The Morgan fingerprint density at radius 2 is 1.81 bits per heavy atom. The molecule has 26 heavy (non-hydrogen) atoms. The van der Waals surface area contributed by atoms with E-state index in [4.69, 9.17) is 0 Å². The number of aryl methyl sites for hydroxylation is 1. The zero-order chi connectivity index (χ0) is 19.7. The second-order valence-corrected chi connectivity index (χ2v) is 11.2. The number of halogens is 1. The molecule has 0 aliphatic heterocycles. The van der Waals surface area contributed by atoms with Crippen LogP contribution in [0.2, 0.25) is 0 Å². The molecule has 0 bridgehead atoms. The van der Waals surface area contributed by atoms with E-state index in [9.17, 15) is 21.2 Å². The molecule has 10 heteroatoms. The molecule has 2 rings (SSSR count). The zero-order valence-electron chi connectivity index (χ0n) is 14.9. The quantitative estimate of drug-likeness (QED) is 0.746. The van der Waals surface area contributed by atoms with Crippen molar-refractivity contribution in [3.63, 3.8) is 0 Å². The van der Waals surface area contributed by atoms with Crippen LogP contribution in [0.5, 0.6) is 0 Å². The second kappa shape index (κ2) is 7.63. The molecule has 1 heterocycles. The molecule has 0 unspecified atom stereocenters. The Labute approximate surface area is 157 Å². The van der Waals surface area contributed by atoms with E-state index in [1.165, 1.54) is 21.7 Å². The highest BCUT2D eigenvalue weighted by molar-refractivity contribution is 7.92. The highest BCUT2D eigenvalue weighted by Gasteiger charge is 2.30. The van der Waals surface area contributed by atoms with E-state index >= 15 is 0 Å². The lowest BCUT2D eigenvalue weighted by atomic mass is 10.3. The van der Waals surface area contributed by atoms with Crippen LogP contribution in [0.15, 0.2) is 35.2 Å². The second-order valence-electron chi connectivity index (χ2n) is 6.18. The van der Waals surface area contributed by atoms with Gasteiger partial charge in [-0.1, -0.05) is 0 Å². The molecule has 1 aromatic heterocycles. The fourth-order valence-electron chi connectivity index (χ4n) is 2.38. The van der Waals surface area contributed by atoms with Crippen molar-refractivity contribution < 1.29 is 21.2 Å². The van der Waals surface area contributed by atoms with Crippen LogP contribution in [-0.4, -0.2) is 33.4 Å². The number of nitrogens with zero attached hydrogens (tertiary/aromatic N) is 1. The number of thiophene rings is 1. The SMILES string of the molecule is Cc1ccc(CN(C(C)C)S(=O)(=O)c2ccc(NS(C)(=O)=O)cc2F)s1. The summed E-state index contributed by atoms with van der Waals surface area (Å²) in [5.74, 6) is -1.01. The number of benzene rings is 1. The molecular formula is C16H21FN2O4S3. The first-order valence-electron chi connectivity index (χ1n) is 7.74. The van der Waals surface area contributed by atoms with Crippen LogP contribution in [0.1, 0.15) is 23.6 Å². The Bertz CT molecular complexity index is 998. The lowest BCUT2D eigenvalue weighted by molar-refractivity contribution is 0.348. The van der Waals surface area contributed by atoms with Gasteiger partial charge in [-0.05, 0) is 51.1 Å². The molecule has 0 fully saturated rings. The Morgan fingerprint density at radius 3 is 2.27 bits per heavy atom. The van der Waals surface area contributed by atoms with Crippen molar-refractivity contribution in [2.75, 3.05) is 11.0 Å². The topological polar surface area (TPSA) is 83.6 Å². The average molecular weight is 421 g/mol. The fourth-order valence-corrected chi connectivity index (χ4v) is 5.57. The average Bonchev–Trinajstić information content (AvgIpc) is 2.87. The lowest BCUT2D eigenvalue weighted by Gasteiger charge is -2.25. The van der Waals surface area contributed by atoms with Crippen LogP contribution in [0.4, 0.5) is 10.1 Å². The third-order valence-corrected chi connectivity index (χ3v) is 7.15. The number of hydrogen-bond acceptors (Lipinski definition) is 5. The van der Waals surface area contributed by atoms with Crippen LogP contribution in [0, 0.1) is 12.7 Å². The van der Waals surface area contributed by atoms with Crippen molar-refractivity contribution in [2.24, 2.45) is 0 Å². The summed E-state index contributed by atoms with van der Waals surface area (Å²) in [5.41, 5.74) is -0.0334. The minimum atomic E-state index is -4.09. The molecular weight excluding hydrogens is 399 g/mol. The summed E-state index contributed by atoms with van der Waals surface area (Å²) < 4.78 is 66.2. The van der Waals surface area contributed by atoms with E-state index in [1.54, 1.807) is 13.8 Å². The van der Waals surface area contributed by atoms with Crippen molar-refractivity contribution in [1.82, 2.24) is 4.31 Å². The van der Waals surface area contributed by atoms with Crippen molar-refractivity contribution >= 4 is 37.1 Å². The van der Waals surface area contributed by atoms with Gasteiger partial charge in [0.2, 0.25) is 20.0 Å². The van der Waals surface area contributed by atoms with Gasteiger partial charge in [0.15, 0.2) is 0 Å². The summed E-state index contributed by atoms with van der Waals surface area (Å²) in [6.07, 6.45) is 0.930. The van der Waals surface area contributed by atoms with E-state index in [1.807, 2.05) is 19.1 Å². The van der Waals surface area contributed by atoms with Crippen molar-refractivity contribution in [3.05, 3.63) is 45.9 Å². The predicted octanol–water partition coefficient (Wildman–Crippen LogP) is 3.17. The summed E-state index contributed by atoms with van der Waals surface area (Å²) >= 11 is 1.48. The standard InChI is InChI=1S/C16H21FN2O4S3/c1-11(2)19(10-14-7-5-12(3)24-14)26(22,23)16-8-6-13(9-15(16)17)18-25(4,20)21/h5-9,11,18H,10H2,1-4H3. The Kier molecular flexibility index (Phi) is 6.11. The molecule has 2 aromatic rings. The molecule has 0 spiro atoms. The first-order chi connectivity index (χ1) is 11.9. The minimum Gasteiger partial charge on any atom is -0.284 e. The Balaban J connectivity index is 2.39. The highest BCUT2D eigenvalue weighted by atomic mass is 32.2. The molecule has 0 atom stereocenters. The van der Waals surface area contributed by atoms with Crippen molar-refractivity contribution in [2.45, 2.75) is 38.3 Å². The number of hydrogen-bond donors (Lipinski definition) is 1. The summed E-state index contributed by atoms with van der Waals surface area (Å²) in [6.45, 7) is 5.50. The van der Waals surface area contributed by atoms with Gasteiger partial charge in [-0.25, -0.2) is 21.2 Å². The predicted molar refractivity (Wildman–Crippen MR) is 102 cm³/mol. The lowest BCUT2D eigenvalue weighted by Crippen LogP contribution is -2.36. The summed E-state index contributed by atoms with van der Waals surface area (Å²) in [4.78, 5) is 1.43. The summed E-state index contributed by atoms with van der Waals surface area (Å²) in [5, 5.41) is 0. The van der Waals surface area contributed by atoms with Gasteiger partial charge < -0.3 is 0 Å². The van der Waals surface area contributed by atoms with Gasteiger partial charge in [-0.2, -0.15) is 4.31 Å². The fraction of sp³-hybridized carbons (Fsp3) is 0.375. The maximum atomic E-state index is 14.4. The molecule has 0 amide bonds. The number of anilines is 1. The van der Waals surface area contributed by atoms with Crippen molar-refractivity contribution in [1.29, 1.82) is 0 Å². The van der Waals surface area contributed by atoms with E-state index in [0.29, 0.717) is 0 Å². The van der Waals surface area contributed by atoms with E-state index in [0.717, 1.165) is 28.1 Å². The molecule has 1 N–H and O–H groups in total. The summed E-state index contributed by atoms with van der Waals surface area (Å²) in [6, 6.07) is 6.54. The molecule has 1 aromatic carbocycles. The largest absolute Gasteiger partial charge is 0.284 e. The van der Waals surface area contributed by atoms with E-state index < -0.39 is 30.8 Å². The van der Waals surface area contributed by atoms with Crippen LogP contribution < -0.4 is 4.72 Å². The monoisotopic (exact) mass is 420 g/mol. The maximum absolute atomic E-state index is 14.4. The Hall–Kier alpha value is -1.49. The van der Waals surface area contributed by atoms with Gasteiger partial charge >= 0.3 is 0 Å². The smallest absolute Gasteiger partial charge is 0.246 e. The molecule has 0 saturated carbocycles. The normalized spacial score (nSPS) is 12.7. The van der Waals surface area contributed by atoms with Gasteiger partial charge in [0.1, 0.15) is 10.7 Å². The third-order valence-electron chi connectivity index (χ3n) is 3.51. The molecule has 0 aliphatic carbocycles. The van der Waals surface area contributed by atoms with Gasteiger partial charge in [0.05, 0.1) is 11.9 Å². The van der Waals surface area contributed by atoms with Crippen LogP contribution in [-0.2, 0) is 26.6 Å². The molecule has 6 nitrogen and oxygen atoms in total. The van der Waals surface area contributed by atoms with Crippen molar-refractivity contribution in [3.8, 4) is 0 Å². The highest BCUT2D eigenvalue weighted by Crippen LogP contribution is 2.27. The molecule has 0 aliphatic rings. The third kappa shape index (κ3) is 5.03. The minimum absolute atomic E-state index is 0.0334. The van der Waals surface area contributed by atoms with E-state index in [2.05, 4.69) is 4.72 Å². The first kappa shape index (κ1) is 20.8. The number of nitrogens with one attached hydrogen (secondary N) is 1. The van der Waals surface area contributed by atoms with E-state index in [-0.39, 0.29) is 18.3 Å². The maximum Gasteiger partial charge on any atom is 0.246 e. The number of sulfonamides is 2. The van der Waals surface area contributed by atoms with Crippen LogP contribution >= 0.6 is 11.3 Å². The first-order valence-corrected chi connectivity index (χ1v) is 11.9. The van der Waals surface area contributed by atoms with Gasteiger partial charge in [0, 0.05) is 22.3 Å². The number of rotatable bonds is 7. The Morgan fingerprint density at radius 1 is 1.15 bits per heavy atom. The summed E-state index contributed by atoms with van der Waals surface area (Å²) in [7, 11) is -7.68. The molecule has 0 radical (unpaired) electrons. The zero-order valence-corrected chi connectivity index (χ0v) is 17.3. The van der Waals surface area contributed by atoms with Crippen LogP contribution in [0.25, 0.3) is 0 Å². The molecule has 144 valence electrons.